The number of rotatable bonds is 4. The van der Waals surface area contributed by atoms with Crippen LogP contribution in [0.5, 0.6) is 0 Å². The summed E-state index contributed by atoms with van der Waals surface area (Å²) in [6, 6.07) is 2.36. The Morgan fingerprint density at radius 2 is 2.11 bits per heavy atom. The molecule has 1 aromatic rings. The number of nitrogens with zero attached hydrogens (tertiary/aromatic N) is 1. The normalized spacial score (nSPS) is 18.8. The van der Waals surface area contributed by atoms with Crippen LogP contribution in [-0.2, 0) is 13.0 Å². The van der Waals surface area contributed by atoms with Crippen LogP contribution in [0.4, 0.5) is 0 Å². The molecule has 1 unspecified atom stereocenters. The molecule has 0 aromatic carbocycles. The molecule has 0 saturated heterocycles. The molecule has 1 aliphatic rings. The van der Waals surface area contributed by atoms with Crippen LogP contribution >= 0.6 is 0 Å². The molecule has 1 aliphatic heterocycles. The number of aryl methyl sites for hydroxylation is 2. The smallest absolute Gasteiger partial charge is 0.195 e. The van der Waals surface area contributed by atoms with Gasteiger partial charge in [-0.3, -0.25) is 0 Å². The highest BCUT2D eigenvalue weighted by Crippen LogP contribution is 2.20. The van der Waals surface area contributed by atoms with Crippen molar-refractivity contribution in [2.24, 2.45) is 5.92 Å². The summed E-state index contributed by atoms with van der Waals surface area (Å²) in [4.78, 5) is 0. The lowest BCUT2D eigenvalue weighted by molar-refractivity contribution is -0.717. The van der Waals surface area contributed by atoms with E-state index in [1.807, 2.05) is 0 Å². The summed E-state index contributed by atoms with van der Waals surface area (Å²) in [6.45, 7) is 10.3. The van der Waals surface area contributed by atoms with Crippen molar-refractivity contribution in [3.05, 3.63) is 34.7 Å². The van der Waals surface area contributed by atoms with Gasteiger partial charge in [-0.05, 0) is 32.8 Å². The van der Waals surface area contributed by atoms with Gasteiger partial charge in [0.2, 0.25) is 5.69 Å². The summed E-state index contributed by atoms with van der Waals surface area (Å²) in [7, 11) is 0. The predicted molar refractivity (Wildman–Crippen MR) is 82.2 cm³/mol. The molecule has 0 radical (unpaired) electrons. The fourth-order valence-electron chi connectivity index (χ4n) is 3.12. The molecule has 0 fully saturated rings. The Bertz CT molecular complexity index is 471. The lowest BCUT2D eigenvalue weighted by atomic mass is 9.94. The van der Waals surface area contributed by atoms with E-state index in [1.54, 1.807) is 5.69 Å². The third kappa shape index (κ3) is 3.26. The van der Waals surface area contributed by atoms with Crippen LogP contribution in [0.25, 0.3) is 6.08 Å². The van der Waals surface area contributed by atoms with Crippen LogP contribution in [-0.4, -0.2) is 0 Å². The number of hydrogen-bond acceptors (Lipinski definition) is 0. The first-order valence-electron chi connectivity index (χ1n) is 7.83. The SMILES string of the molecule is CCCC/C=C/c1c(C)cc(C)c2[n+]1CC(C)CC2. The van der Waals surface area contributed by atoms with Crippen LogP contribution in [0.3, 0.4) is 0 Å². The molecule has 1 atom stereocenters. The second kappa shape index (κ2) is 6.36. The molecular formula is C18H28N+. The number of fused-ring (bicyclic) bond motifs is 1. The van der Waals surface area contributed by atoms with Gasteiger partial charge in [-0.1, -0.05) is 32.8 Å². The summed E-state index contributed by atoms with van der Waals surface area (Å²) < 4.78 is 2.57. The van der Waals surface area contributed by atoms with E-state index in [1.165, 1.54) is 55.5 Å². The van der Waals surface area contributed by atoms with Crippen molar-refractivity contribution in [2.75, 3.05) is 0 Å². The first kappa shape index (κ1) is 14.3. The van der Waals surface area contributed by atoms with Gasteiger partial charge in [-0.25, -0.2) is 0 Å². The molecule has 19 heavy (non-hydrogen) atoms. The minimum Gasteiger partial charge on any atom is -0.195 e. The van der Waals surface area contributed by atoms with E-state index in [9.17, 15) is 0 Å². The Kier molecular flexibility index (Phi) is 4.79. The van der Waals surface area contributed by atoms with Crippen LogP contribution in [0.15, 0.2) is 12.1 Å². The van der Waals surface area contributed by atoms with E-state index in [0.717, 1.165) is 5.92 Å². The zero-order valence-corrected chi connectivity index (χ0v) is 13.0. The summed E-state index contributed by atoms with van der Waals surface area (Å²) in [6.07, 6.45) is 11.1. The fraction of sp³-hybridized carbons (Fsp3) is 0.611. The largest absolute Gasteiger partial charge is 0.208 e. The minimum atomic E-state index is 0.807. The fourth-order valence-corrected chi connectivity index (χ4v) is 3.12. The number of pyridine rings is 1. The average molecular weight is 258 g/mol. The Morgan fingerprint density at radius 3 is 2.84 bits per heavy atom. The molecule has 1 heteroatoms. The third-order valence-electron chi connectivity index (χ3n) is 4.28. The number of aromatic nitrogens is 1. The van der Waals surface area contributed by atoms with Gasteiger partial charge in [0.25, 0.3) is 0 Å². The lowest BCUT2D eigenvalue weighted by Crippen LogP contribution is -2.48. The van der Waals surface area contributed by atoms with Crippen LogP contribution < -0.4 is 4.57 Å². The second-order valence-electron chi connectivity index (χ2n) is 6.14. The predicted octanol–water partition coefficient (Wildman–Crippen LogP) is 4.38. The van der Waals surface area contributed by atoms with Gasteiger partial charge >= 0.3 is 0 Å². The van der Waals surface area contributed by atoms with Crippen molar-refractivity contribution in [3.63, 3.8) is 0 Å². The van der Waals surface area contributed by atoms with E-state index in [-0.39, 0.29) is 0 Å². The second-order valence-corrected chi connectivity index (χ2v) is 6.14. The first-order valence-corrected chi connectivity index (χ1v) is 7.83. The monoisotopic (exact) mass is 258 g/mol. The highest BCUT2D eigenvalue weighted by molar-refractivity contribution is 5.47. The van der Waals surface area contributed by atoms with E-state index in [2.05, 4.69) is 50.5 Å². The zero-order valence-electron chi connectivity index (χ0n) is 13.0. The van der Waals surface area contributed by atoms with Crippen molar-refractivity contribution in [1.29, 1.82) is 0 Å². The molecular weight excluding hydrogens is 230 g/mol. The lowest BCUT2D eigenvalue weighted by Gasteiger charge is -2.20. The van der Waals surface area contributed by atoms with Gasteiger partial charge in [-0.2, -0.15) is 4.57 Å². The van der Waals surface area contributed by atoms with Gasteiger partial charge in [0, 0.05) is 29.5 Å². The van der Waals surface area contributed by atoms with E-state index in [0.29, 0.717) is 0 Å². The van der Waals surface area contributed by atoms with Crippen LogP contribution in [0.1, 0.15) is 62.0 Å². The quantitative estimate of drug-likeness (QED) is 0.557. The molecule has 0 saturated carbocycles. The van der Waals surface area contributed by atoms with Gasteiger partial charge in [-0.15, -0.1) is 0 Å². The zero-order chi connectivity index (χ0) is 13.8. The Morgan fingerprint density at radius 1 is 1.32 bits per heavy atom. The molecule has 0 amide bonds. The van der Waals surface area contributed by atoms with Crippen LogP contribution in [0, 0.1) is 19.8 Å². The van der Waals surface area contributed by atoms with E-state index < -0.39 is 0 Å². The van der Waals surface area contributed by atoms with Gasteiger partial charge in [0.15, 0.2) is 12.2 Å². The molecule has 0 spiro atoms. The van der Waals surface area contributed by atoms with Crippen molar-refractivity contribution in [3.8, 4) is 0 Å². The molecule has 0 N–H and O–H groups in total. The van der Waals surface area contributed by atoms with E-state index in [4.69, 9.17) is 0 Å². The molecule has 0 aliphatic carbocycles. The topological polar surface area (TPSA) is 3.88 Å². The summed E-state index contributed by atoms with van der Waals surface area (Å²) in [5, 5.41) is 0. The number of allylic oxidation sites excluding steroid dienone is 1. The summed E-state index contributed by atoms with van der Waals surface area (Å²) in [5.74, 6) is 0.807. The number of unbranched alkanes of at least 4 members (excludes halogenated alkanes) is 2. The van der Waals surface area contributed by atoms with Crippen molar-refractivity contribution >= 4 is 6.08 Å². The van der Waals surface area contributed by atoms with Gasteiger partial charge < -0.3 is 0 Å². The first-order chi connectivity index (χ1) is 9.13. The van der Waals surface area contributed by atoms with Crippen molar-refractivity contribution < 1.29 is 4.57 Å². The average Bonchev–Trinajstić information content (AvgIpc) is 2.37. The highest BCUT2D eigenvalue weighted by atomic mass is 15.0. The van der Waals surface area contributed by atoms with Crippen LogP contribution in [0.2, 0.25) is 0 Å². The third-order valence-corrected chi connectivity index (χ3v) is 4.28. The number of hydrogen-bond donors (Lipinski definition) is 0. The van der Waals surface area contributed by atoms with Crippen molar-refractivity contribution in [1.82, 2.24) is 0 Å². The molecule has 104 valence electrons. The standard InChI is InChI=1S/C18H28N/c1-5-6-7-8-9-17-15(3)12-16(4)18-11-10-14(2)13-19(17)18/h8-9,12,14H,5-7,10-11,13H2,1-4H3/q+1/b9-8+. The molecule has 2 heterocycles. The Hall–Kier alpha value is -1.11. The molecule has 1 aromatic heterocycles. The highest BCUT2D eigenvalue weighted by Gasteiger charge is 2.27. The molecule has 2 rings (SSSR count). The summed E-state index contributed by atoms with van der Waals surface area (Å²) in [5.41, 5.74) is 5.88. The van der Waals surface area contributed by atoms with E-state index >= 15 is 0 Å². The maximum Gasteiger partial charge on any atom is 0.208 e. The molecule has 1 nitrogen and oxygen atoms in total. The molecule has 0 bridgehead atoms. The maximum atomic E-state index is 2.57. The van der Waals surface area contributed by atoms with Gasteiger partial charge in [0.05, 0.1) is 0 Å². The maximum absolute atomic E-state index is 2.57. The minimum absolute atomic E-state index is 0.807. The Labute approximate surface area is 118 Å². The summed E-state index contributed by atoms with van der Waals surface area (Å²) >= 11 is 0. The Balaban J connectivity index is 2.34. The van der Waals surface area contributed by atoms with Crippen molar-refractivity contribution in [2.45, 2.75) is 66.3 Å². The van der Waals surface area contributed by atoms with Gasteiger partial charge in [0.1, 0.15) is 0 Å².